The lowest BCUT2D eigenvalue weighted by Gasteiger charge is -2.11. The standard InChI is InChI=1S/C19H11F5O4/c1-26-10-2-5-13(14(20)8-10)18(25)27-11-3-4-12-9(6-11)7-15(21)17(16(12)22)28-19(23)24/h2-8,19H,1H3. The van der Waals surface area contributed by atoms with E-state index in [9.17, 15) is 26.7 Å². The molecule has 0 amide bonds. The van der Waals surface area contributed by atoms with E-state index in [0.29, 0.717) is 0 Å². The van der Waals surface area contributed by atoms with Crippen LogP contribution in [0.3, 0.4) is 0 Å². The molecule has 0 radical (unpaired) electrons. The predicted octanol–water partition coefficient (Wildman–Crippen LogP) is 5.09. The number of halogens is 5. The lowest BCUT2D eigenvalue weighted by Crippen LogP contribution is -2.11. The minimum atomic E-state index is -3.40. The van der Waals surface area contributed by atoms with Crippen molar-refractivity contribution in [2.45, 2.75) is 6.61 Å². The minimum absolute atomic E-state index is 0.0721. The van der Waals surface area contributed by atoms with Crippen molar-refractivity contribution in [1.82, 2.24) is 0 Å². The van der Waals surface area contributed by atoms with Crippen molar-refractivity contribution in [3.8, 4) is 17.2 Å². The zero-order chi connectivity index (χ0) is 20.4. The largest absolute Gasteiger partial charge is 0.497 e. The van der Waals surface area contributed by atoms with E-state index >= 15 is 0 Å². The number of ether oxygens (including phenoxy) is 3. The molecule has 0 heterocycles. The Bertz CT molecular complexity index is 1050. The van der Waals surface area contributed by atoms with Crippen LogP contribution in [0.5, 0.6) is 17.2 Å². The molecular weight excluding hydrogens is 387 g/mol. The molecule has 28 heavy (non-hydrogen) atoms. The van der Waals surface area contributed by atoms with Gasteiger partial charge in [-0.2, -0.15) is 8.78 Å². The summed E-state index contributed by atoms with van der Waals surface area (Å²) in [7, 11) is 1.33. The lowest BCUT2D eigenvalue weighted by atomic mass is 10.1. The summed E-state index contributed by atoms with van der Waals surface area (Å²) < 4.78 is 80.3. The minimum Gasteiger partial charge on any atom is -0.497 e. The predicted molar refractivity (Wildman–Crippen MR) is 88.4 cm³/mol. The number of hydrogen-bond donors (Lipinski definition) is 0. The molecule has 0 N–H and O–H groups in total. The Morgan fingerprint density at radius 2 is 1.64 bits per heavy atom. The van der Waals surface area contributed by atoms with Crippen molar-refractivity contribution >= 4 is 16.7 Å². The van der Waals surface area contributed by atoms with Gasteiger partial charge in [0.05, 0.1) is 12.7 Å². The Balaban J connectivity index is 1.91. The van der Waals surface area contributed by atoms with Gasteiger partial charge in [-0.15, -0.1) is 0 Å². The molecule has 0 bridgehead atoms. The van der Waals surface area contributed by atoms with Gasteiger partial charge in [-0.05, 0) is 41.8 Å². The van der Waals surface area contributed by atoms with Gasteiger partial charge in [0, 0.05) is 11.5 Å². The van der Waals surface area contributed by atoms with Gasteiger partial charge in [-0.1, -0.05) is 0 Å². The third kappa shape index (κ3) is 3.83. The number of fused-ring (bicyclic) bond motifs is 1. The fourth-order valence-electron chi connectivity index (χ4n) is 2.50. The van der Waals surface area contributed by atoms with Crippen LogP contribution in [0, 0.1) is 17.5 Å². The fraction of sp³-hybridized carbons (Fsp3) is 0.105. The van der Waals surface area contributed by atoms with Crippen molar-refractivity contribution in [2.75, 3.05) is 7.11 Å². The summed E-state index contributed by atoms with van der Waals surface area (Å²) in [6, 6.07) is 7.60. The van der Waals surface area contributed by atoms with Gasteiger partial charge in [0.25, 0.3) is 0 Å². The molecule has 4 nitrogen and oxygen atoms in total. The quantitative estimate of drug-likeness (QED) is 0.341. The Morgan fingerprint density at radius 3 is 2.29 bits per heavy atom. The first-order valence-corrected chi connectivity index (χ1v) is 7.72. The van der Waals surface area contributed by atoms with Crippen molar-refractivity contribution in [3.63, 3.8) is 0 Å². The molecule has 0 atom stereocenters. The molecule has 0 saturated heterocycles. The second-order valence-electron chi connectivity index (χ2n) is 5.50. The van der Waals surface area contributed by atoms with E-state index in [4.69, 9.17) is 9.47 Å². The summed E-state index contributed by atoms with van der Waals surface area (Å²) in [5, 5.41) is -0.301. The molecule has 0 aliphatic carbocycles. The molecule has 0 saturated carbocycles. The van der Waals surface area contributed by atoms with E-state index in [-0.39, 0.29) is 27.8 Å². The molecule has 146 valence electrons. The van der Waals surface area contributed by atoms with Gasteiger partial charge in [0.1, 0.15) is 17.3 Å². The van der Waals surface area contributed by atoms with E-state index < -0.39 is 35.8 Å². The van der Waals surface area contributed by atoms with E-state index in [0.717, 1.165) is 36.4 Å². The summed E-state index contributed by atoms with van der Waals surface area (Å²) in [4.78, 5) is 12.1. The van der Waals surface area contributed by atoms with Crippen LogP contribution in [0.15, 0.2) is 42.5 Å². The van der Waals surface area contributed by atoms with Crippen molar-refractivity contribution in [1.29, 1.82) is 0 Å². The average molecular weight is 398 g/mol. The first kappa shape index (κ1) is 19.4. The van der Waals surface area contributed by atoms with E-state index in [1.807, 2.05) is 0 Å². The summed E-state index contributed by atoms with van der Waals surface area (Å²) in [5.74, 6) is -5.74. The second-order valence-corrected chi connectivity index (χ2v) is 5.50. The third-order valence-electron chi connectivity index (χ3n) is 3.77. The maximum atomic E-state index is 14.2. The number of benzene rings is 3. The molecule has 3 aromatic rings. The van der Waals surface area contributed by atoms with Gasteiger partial charge in [0.15, 0.2) is 17.4 Å². The van der Waals surface area contributed by atoms with Crippen LogP contribution < -0.4 is 14.2 Å². The zero-order valence-corrected chi connectivity index (χ0v) is 14.1. The molecule has 3 aromatic carbocycles. The Labute approximate surface area is 155 Å². The van der Waals surface area contributed by atoms with Crippen molar-refractivity contribution in [3.05, 3.63) is 65.5 Å². The smallest absolute Gasteiger partial charge is 0.387 e. The summed E-state index contributed by atoms with van der Waals surface area (Å²) in [6.45, 7) is -3.40. The van der Waals surface area contributed by atoms with Gasteiger partial charge in [-0.25, -0.2) is 18.0 Å². The lowest BCUT2D eigenvalue weighted by molar-refractivity contribution is -0.0544. The van der Waals surface area contributed by atoms with Crippen LogP contribution in [-0.4, -0.2) is 19.7 Å². The first-order valence-electron chi connectivity index (χ1n) is 7.72. The number of methoxy groups -OCH3 is 1. The fourth-order valence-corrected chi connectivity index (χ4v) is 2.50. The molecule has 9 heteroatoms. The van der Waals surface area contributed by atoms with Crippen molar-refractivity contribution in [2.24, 2.45) is 0 Å². The third-order valence-corrected chi connectivity index (χ3v) is 3.77. The van der Waals surface area contributed by atoms with E-state index in [1.54, 1.807) is 0 Å². The number of esters is 1. The number of rotatable bonds is 5. The van der Waals surface area contributed by atoms with E-state index in [1.165, 1.54) is 13.2 Å². The molecule has 0 fully saturated rings. The summed E-state index contributed by atoms with van der Waals surface area (Å²) in [5.41, 5.74) is -0.376. The van der Waals surface area contributed by atoms with Crippen LogP contribution in [-0.2, 0) is 0 Å². The molecule has 3 rings (SSSR count). The SMILES string of the molecule is COc1ccc(C(=O)Oc2ccc3c(F)c(OC(F)F)c(F)cc3c2)c(F)c1. The van der Waals surface area contributed by atoms with Crippen LogP contribution >= 0.6 is 0 Å². The highest BCUT2D eigenvalue weighted by molar-refractivity contribution is 5.92. The van der Waals surface area contributed by atoms with Gasteiger partial charge in [0.2, 0.25) is 0 Å². The number of hydrogen-bond acceptors (Lipinski definition) is 4. The van der Waals surface area contributed by atoms with Crippen LogP contribution in [0.4, 0.5) is 22.0 Å². The average Bonchev–Trinajstić information content (AvgIpc) is 2.64. The van der Waals surface area contributed by atoms with Crippen LogP contribution in [0.1, 0.15) is 10.4 Å². The van der Waals surface area contributed by atoms with Crippen LogP contribution in [0.2, 0.25) is 0 Å². The molecule has 0 spiro atoms. The molecule has 0 aliphatic rings. The van der Waals surface area contributed by atoms with Crippen LogP contribution in [0.25, 0.3) is 10.8 Å². The normalized spacial score (nSPS) is 11.0. The Morgan fingerprint density at radius 1 is 0.929 bits per heavy atom. The van der Waals surface area contributed by atoms with E-state index in [2.05, 4.69) is 4.74 Å². The van der Waals surface area contributed by atoms with Crippen molar-refractivity contribution < 1.29 is 41.0 Å². The highest BCUT2D eigenvalue weighted by atomic mass is 19.3. The summed E-state index contributed by atoms with van der Waals surface area (Å²) in [6.07, 6.45) is 0. The second kappa shape index (κ2) is 7.71. The highest BCUT2D eigenvalue weighted by Crippen LogP contribution is 2.33. The number of carbonyl (C=O) groups excluding carboxylic acids is 1. The molecule has 0 unspecified atom stereocenters. The maximum absolute atomic E-state index is 14.2. The molecular formula is C19H11F5O4. The summed E-state index contributed by atoms with van der Waals surface area (Å²) >= 11 is 0. The topological polar surface area (TPSA) is 44.8 Å². The number of carbonyl (C=O) groups is 1. The maximum Gasteiger partial charge on any atom is 0.387 e. The Kier molecular flexibility index (Phi) is 5.34. The zero-order valence-electron chi connectivity index (χ0n) is 14.1. The number of alkyl halides is 2. The molecule has 0 aliphatic heterocycles. The molecule has 0 aromatic heterocycles. The monoisotopic (exact) mass is 398 g/mol. The first-order chi connectivity index (χ1) is 13.3. The van der Waals surface area contributed by atoms with Gasteiger partial charge >= 0.3 is 12.6 Å². The van der Waals surface area contributed by atoms with Gasteiger partial charge < -0.3 is 14.2 Å². The Hall–Kier alpha value is -3.36. The highest BCUT2D eigenvalue weighted by Gasteiger charge is 2.20. The van der Waals surface area contributed by atoms with Gasteiger partial charge in [-0.3, -0.25) is 0 Å².